The fraction of sp³-hybridized carbons (Fsp3) is 0.533. The van der Waals surface area contributed by atoms with Crippen molar-refractivity contribution in [2.45, 2.75) is 33.2 Å². The molecule has 0 heterocycles. The number of carbonyl (C=O) groups excluding carboxylic acids is 1. The van der Waals surface area contributed by atoms with E-state index in [9.17, 15) is 4.79 Å². The minimum atomic E-state index is -0.452. The Bertz CT molecular complexity index is 391. The lowest BCUT2D eigenvalue weighted by Crippen LogP contribution is -2.39. The van der Waals surface area contributed by atoms with Gasteiger partial charge in [-0.2, -0.15) is 0 Å². The van der Waals surface area contributed by atoms with Gasteiger partial charge in [0.2, 0.25) is 5.91 Å². The standard InChI is InChI=1S/C15H24N2O2.ClH/c1-11(2)10-19-14-6-4-13(5-7-14)8-9-17-15(18)12(3)16;/h4-7,11-12H,8-10,16H2,1-3H3,(H,17,18);1H/t12-;/m1./s1. The second-order valence-corrected chi connectivity index (χ2v) is 5.18. The van der Waals surface area contributed by atoms with E-state index in [1.807, 2.05) is 24.3 Å². The van der Waals surface area contributed by atoms with Gasteiger partial charge in [-0.05, 0) is 37.0 Å². The van der Waals surface area contributed by atoms with E-state index in [4.69, 9.17) is 10.5 Å². The van der Waals surface area contributed by atoms with E-state index in [1.54, 1.807) is 6.92 Å². The maximum atomic E-state index is 11.3. The third kappa shape index (κ3) is 7.36. The topological polar surface area (TPSA) is 64.3 Å². The largest absolute Gasteiger partial charge is 0.493 e. The van der Waals surface area contributed by atoms with Gasteiger partial charge in [-0.25, -0.2) is 0 Å². The molecule has 114 valence electrons. The van der Waals surface area contributed by atoms with E-state index >= 15 is 0 Å². The smallest absolute Gasteiger partial charge is 0.236 e. The Kier molecular flexibility index (Phi) is 9.01. The minimum absolute atomic E-state index is 0. The first-order valence-electron chi connectivity index (χ1n) is 6.74. The van der Waals surface area contributed by atoms with Crippen molar-refractivity contribution in [2.24, 2.45) is 11.7 Å². The van der Waals surface area contributed by atoms with Crippen molar-refractivity contribution in [3.8, 4) is 5.75 Å². The third-order valence-electron chi connectivity index (χ3n) is 2.63. The first-order chi connectivity index (χ1) is 8.99. The highest BCUT2D eigenvalue weighted by molar-refractivity contribution is 5.85. The summed E-state index contributed by atoms with van der Waals surface area (Å²) in [7, 11) is 0. The fourth-order valence-electron chi connectivity index (χ4n) is 1.51. The van der Waals surface area contributed by atoms with E-state index in [0.29, 0.717) is 12.5 Å². The van der Waals surface area contributed by atoms with Crippen LogP contribution in [0.5, 0.6) is 5.75 Å². The lowest BCUT2D eigenvalue weighted by molar-refractivity contribution is -0.121. The van der Waals surface area contributed by atoms with Gasteiger partial charge in [0.25, 0.3) is 0 Å². The number of hydrogen-bond donors (Lipinski definition) is 2. The van der Waals surface area contributed by atoms with Crippen LogP contribution >= 0.6 is 12.4 Å². The van der Waals surface area contributed by atoms with Crippen LogP contribution in [0.15, 0.2) is 24.3 Å². The Hall–Kier alpha value is -1.26. The molecule has 0 fully saturated rings. The van der Waals surface area contributed by atoms with Crippen LogP contribution in [0.25, 0.3) is 0 Å². The van der Waals surface area contributed by atoms with Gasteiger partial charge in [-0.3, -0.25) is 4.79 Å². The number of hydrogen-bond acceptors (Lipinski definition) is 3. The second kappa shape index (κ2) is 9.61. The quantitative estimate of drug-likeness (QED) is 0.811. The zero-order valence-corrected chi connectivity index (χ0v) is 13.2. The van der Waals surface area contributed by atoms with Crippen LogP contribution in [0, 0.1) is 5.92 Å². The Morgan fingerprint density at radius 2 is 1.85 bits per heavy atom. The van der Waals surface area contributed by atoms with Crippen molar-refractivity contribution in [2.75, 3.05) is 13.2 Å². The molecule has 3 N–H and O–H groups in total. The summed E-state index contributed by atoms with van der Waals surface area (Å²) in [5.41, 5.74) is 6.63. The molecular weight excluding hydrogens is 276 g/mol. The number of amides is 1. The van der Waals surface area contributed by atoms with Crippen molar-refractivity contribution in [3.63, 3.8) is 0 Å². The minimum Gasteiger partial charge on any atom is -0.493 e. The number of halogens is 1. The molecule has 4 nitrogen and oxygen atoms in total. The summed E-state index contributed by atoms with van der Waals surface area (Å²) in [6.45, 7) is 7.25. The van der Waals surface area contributed by atoms with Crippen LogP contribution in [0.2, 0.25) is 0 Å². The van der Waals surface area contributed by atoms with E-state index in [-0.39, 0.29) is 18.3 Å². The molecule has 0 aliphatic carbocycles. The van der Waals surface area contributed by atoms with Gasteiger partial charge in [0.15, 0.2) is 0 Å². The summed E-state index contributed by atoms with van der Waals surface area (Å²) in [5, 5.41) is 2.79. The maximum absolute atomic E-state index is 11.3. The molecular formula is C15H25ClN2O2. The number of nitrogens with two attached hydrogens (primary N) is 1. The van der Waals surface area contributed by atoms with Gasteiger partial charge in [0, 0.05) is 6.54 Å². The van der Waals surface area contributed by atoms with Gasteiger partial charge in [0.05, 0.1) is 12.6 Å². The lowest BCUT2D eigenvalue weighted by Gasteiger charge is -2.10. The van der Waals surface area contributed by atoms with Crippen molar-refractivity contribution in [3.05, 3.63) is 29.8 Å². The predicted octanol–water partition coefficient (Wildman–Crippen LogP) is 2.15. The van der Waals surface area contributed by atoms with Crippen molar-refractivity contribution < 1.29 is 9.53 Å². The molecule has 0 aromatic heterocycles. The fourth-order valence-corrected chi connectivity index (χ4v) is 1.51. The molecule has 0 aliphatic heterocycles. The third-order valence-corrected chi connectivity index (χ3v) is 2.63. The average Bonchev–Trinajstić information content (AvgIpc) is 2.37. The van der Waals surface area contributed by atoms with Crippen LogP contribution in [0.3, 0.4) is 0 Å². The molecule has 0 saturated heterocycles. The Labute approximate surface area is 127 Å². The SMILES string of the molecule is CC(C)COc1ccc(CCNC(=O)[C@@H](C)N)cc1.Cl. The van der Waals surface area contributed by atoms with Crippen molar-refractivity contribution >= 4 is 18.3 Å². The van der Waals surface area contributed by atoms with Crippen LogP contribution < -0.4 is 15.8 Å². The summed E-state index contributed by atoms with van der Waals surface area (Å²) in [4.78, 5) is 11.3. The monoisotopic (exact) mass is 300 g/mol. The molecule has 1 rings (SSSR count). The normalized spacial score (nSPS) is 11.7. The van der Waals surface area contributed by atoms with Gasteiger partial charge < -0.3 is 15.8 Å². The highest BCUT2D eigenvalue weighted by Gasteiger charge is 2.05. The van der Waals surface area contributed by atoms with Gasteiger partial charge in [-0.1, -0.05) is 26.0 Å². The highest BCUT2D eigenvalue weighted by atomic mass is 35.5. The van der Waals surface area contributed by atoms with Gasteiger partial charge in [-0.15, -0.1) is 12.4 Å². The van der Waals surface area contributed by atoms with Crippen LogP contribution in [0.1, 0.15) is 26.3 Å². The lowest BCUT2D eigenvalue weighted by atomic mass is 10.1. The average molecular weight is 301 g/mol. The molecule has 0 bridgehead atoms. The highest BCUT2D eigenvalue weighted by Crippen LogP contribution is 2.13. The summed E-state index contributed by atoms with van der Waals surface area (Å²) in [5.74, 6) is 1.29. The van der Waals surface area contributed by atoms with Gasteiger partial charge >= 0.3 is 0 Å². The Balaban J connectivity index is 0.00000361. The second-order valence-electron chi connectivity index (χ2n) is 5.18. The summed E-state index contributed by atoms with van der Waals surface area (Å²) in [6, 6.07) is 7.52. The molecule has 1 atom stereocenters. The molecule has 0 radical (unpaired) electrons. The first kappa shape index (κ1) is 18.7. The van der Waals surface area contributed by atoms with E-state index in [1.165, 1.54) is 5.56 Å². The van der Waals surface area contributed by atoms with E-state index in [2.05, 4.69) is 19.2 Å². The molecule has 0 saturated carbocycles. The molecule has 0 aliphatic rings. The van der Waals surface area contributed by atoms with Gasteiger partial charge in [0.1, 0.15) is 5.75 Å². The molecule has 0 spiro atoms. The van der Waals surface area contributed by atoms with Crippen molar-refractivity contribution in [1.29, 1.82) is 0 Å². The Morgan fingerprint density at radius 3 is 2.35 bits per heavy atom. The number of carbonyl (C=O) groups is 1. The molecule has 5 heteroatoms. The molecule has 1 aromatic rings. The van der Waals surface area contributed by atoms with Crippen LogP contribution in [0.4, 0.5) is 0 Å². The zero-order valence-electron chi connectivity index (χ0n) is 12.4. The molecule has 0 unspecified atom stereocenters. The molecule has 20 heavy (non-hydrogen) atoms. The number of nitrogens with one attached hydrogen (secondary N) is 1. The van der Waals surface area contributed by atoms with Crippen LogP contribution in [-0.2, 0) is 11.2 Å². The van der Waals surface area contributed by atoms with Crippen LogP contribution in [-0.4, -0.2) is 25.1 Å². The van der Waals surface area contributed by atoms with Crippen molar-refractivity contribution in [1.82, 2.24) is 5.32 Å². The number of rotatable bonds is 7. The molecule has 1 aromatic carbocycles. The number of benzene rings is 1. The maximum Gasteiger partial charge on any atom is 0.236 e. The summed E-state index contributed by atoms with van der Waals surface area (Å²) >= 11 is 0. The Morgan fingerprint density at radius 1 is 1.25 bits per heavy atom. The van der Waals surface area contributed by atoms with E-state index in [0.717, 1.165) is 18.8 Å². The predicted molar refractivity (Wildman–Crippen MR) is 84.4 cm³/mol. The zero-order chi connectivity index (χ0) is 14.3. The molecule has 1 amide bonds. The number of ether oxygens (including phenoxy) is 1. The first-order valence-corrected chi connectivity index (χ1v) is 6.74. The summed E-state index contributed by atoms with van der Waals surface area (Å²) < 4.78 is 5.61. The summed E-state index contributed by atoms with van der Waals surface area (Å²) in [6.07, 6.45) is 0.795. The van der Waals surface area contributed by atoms with E-state index < -0.39 is 6.04 Å².